The average Bonchev–Trinajstić information content (AvgIpc) is 2.95. The summed E-state index contributed by atoms with van der Waals surface area (Å²) >= 11 is 6.59. The first-order chi connectivity index (χ1) is 19.8. The number of ether oxygens (including phenoxy) is 5. The van der Waals surface area contributed by atoms with Crippen molar-refractivity contribution in [2.24, 2.45) is 0 Å². The Labute approximate surface area is 243 Å². The lowest BCUT2D eigenvalue weighted by atomic mass is 9.98. The Morgan fingerprint density at radius 2 is 1.55 bits per heavy atom. The van der Waals surface area contributed by atoms with Crippen molar-refractivity contribution in [1.29, 1.82) is 0 Å². The molecule has 9 N–H and O–H groups in total. The molecule has 1 unspecified atom stereocenters. The van der Waals surface area contributed by atoms with Crippen LogP contribution >= 0.6 is 11.6 Å². The predicted molar refractivity (Wildman–Crippen MR) is 140 cm³/mol. The van der Waals surface area contributed by atoms with Crippen LogP contribution in [0.1, 0.15) is 24.2 Å². The van der Waals surface area contributed by atoms with Gasteiger partial charge in [-0.05, 0) is 36.7 Å². The number of rotatable bonds is 6. The lowest BCUT2D eigenvalue weighted by Gasteiger charge is -2.46. The first-order valence-corrected chi connectivity index (χ1v) is 13.3. The van der Waals surface area contributed by atoms with Gasteiger partial charge in [-0.2, -0.15) is 0 Å². The van der Waals surface area contributed by atoms with Crippen LogP contribution in [0.15, 0.2) is 42.2 Å². The third-order valence-corrected chi connectivity index (χ3v) is 7.69. The number of halogens is 1. The van der Waals surface area contributed by atoms with Crippen LogP contribution in [0, 0.1) is 0 Å². The maximum absolute atomic E-state index is 10.8. The van der Waals surface area contributed by atoms with E-state index < -0.39 is 73.1 Å². The molecule has 15 heteroatoms. The van der Waals surface area contributed by atoms with Gasteiger partial charge >= 0.3 is 5.25 Å². The number of alkyl halides is 1. The second-order valence-corrected chi connectivity index (χ2v) is 10.8. The molecule has 14 nitrogen and oxygen atoms in total. The fraction of sp³-hybridized carbons (Fsp3) is 0.481. The SMILES string of the molecule is C[C@@H]1O[C@@H](OC[C@H]2O[C@](Cl)(OC3=Cc4c(O)cc(O)cc4OC3c3ccc(O)cc3)[C@H](O)[C@@H](O)[C@@H]2O)[C@H](O)[C@H](O)[C@H]1O. The number of hydrogen-bond donors (Lipinski definition) is 9. The van der Waals surface area contributed by atoms with Gasteiger partial charge in [-0.1, -0.05) is 12.1 Å². The normalized spacial score (nSPS) is 38.2. The minimum Gasteiger partial charge on any atom is -0.508 e. The van der Waals surface area contributed by atoms with E-state index in [1.807, 2.05) is 0 Å². The van der Waals surface area contributed by atoms with Crippen molar-refractivity contribution in [1.82, 2.24) is 0 Å². The predicted octanol–water partition coefficient (Wildman–Crippen LogP) is -0.487. The van der Waals surface area contributed by atoms with E-state index in [0.717, 1.165) is 6.07 Å². The Balaban J connectivity index is 1.42. The van der Waals surface area contributed by atoms with Crippen molar-refractivity contribution in [3.8, 4) is 23.0 Å². The third-order valence-electron chi connectivity index (χ3n) is 7.30. The highest BCUT2D eigenvalue weighted by Crippen LogP contribution is 2.47. The quantitative estimate of drug-likeness (QED) is 0.187. The summed E-state index contributed by atoms with van der Waals surface area (Å²) in [7, 11) is 0. The molecule has 2 saturated heterocycles. The van der Waals surface area contributed by atoms with Gasteiger partial charge in [0.1, 0.15) is 65.4 Å². The Kier molecular flexibility index (Phi) is 8.48. The minimum atomic E-state index is -2.57. The number of aliphatic hydroxyl groups excluding tert-OH is 6. The molecular weight excluding hydrogens is 584 g/mol. The summed E-state index contributed by atoms with van der Waals surface area (Å²) < 4.78 is 28.4. The molecule has 3 aliphatic heterocycles. The number of hydrogen-bond acceptors (Lipinski definition) is 14. The molecular formula is C27H31ClO14. The van der Waals surface area contributed by atoms with Gasteiger partial charge < -0.3 is 69.6 Å². The smallest absolute Gasteiger partial charge is 0.320 e. The average molecular weight is 615 g/mol. The van der Waals surface area contributed by atoms with E-state index in [2.05, 4.69) is 0 Å². The van der Waals surface area contributed by atoms with Crippen LogP contribution in [0.5, 0.6) is 23.0 Å². The third kappa shape index (κ3) is 5.70. The molecule has 2 aromatic carbocycles. The highest BCUT2D eigenvalue weighted by atomic mass is 35.5. The summed E-state index contributed by atoms with van der Waals surface area (Å²) in [5.41, 5.74) is 0.499. The van der Waals surface area contributed by atoms with E-state index in [9.17, 15) is 46.0 Å². The van der Waals surface area contributed by atoms with Gasteiger partial charge in [0.15, 0.2) is 18.5 Å². The monoisotopic (exact) mass is 614 g/mol. The molecule has 0 bridgehead atoms. The summed E-state index contributed by atoms with van der Waals surface area (Å²) in [6, 6.07) is 8.07. The molecule has 42 heavy (non-hydrogen) atoms. The molecule has 0 aliphatic carbocycles. The zero-order valence-corrected chi connectivity index (χ0v) is 22.7. The van der Waals surface area contributed by atoms with Gasteiger partial charge in [-0.3, -0.25) is 0 Å². The van der Waals surface area contributed by atoms with Crippen LogP contribution < -0.4 is 4.74 Å². The van der Waals surface area contributed by atoms with Crippen LogP contribution in [0.25, 0.3) is 6.08 Å². The maximum atomic E-state index is 10.8. The van der Waals surface area contributed by atoms with Gasteiger partial charge in [0.2, 0.25) is 0 Å². The summed E-state index contributed by atoms with van der Waals surface area (Å²) in [5.74, 6) is -0.764. The van der Waals surface area contributed by atoms with Gasteiger partial charge in [0.05, 0.1) is 18.3 Å². The van der Waals surface area contributed by atoms with Crippen molar-refractivity contribution in [3.63, 3.8) is 0 Å². The lowest BCUT2D eigenvalue weighted by molar-refractivity contribution is -0.337. The van der Waals surface area contributed by atoms with Crippen molar-refractivity contribution in [3.05, 3.63) is 53.3 Å². The van der Waals surface area contributed by atoms with E-state index in [-0.39, 0.29) is 34.3 Å². The summed E-state index contributed by atoms with van der Waals surface area (Å²) in [6.07, 6.45) is -14.0. The molecule has 5 rings (SSSR count). The number of phenolic OH excluding ortho intramolecular Hbond substituents is 3. The molecule has 230 valence electrons. The van der Waals surface area contributed by atoms with E-state index in [4.69, 9.17) is 35.3 Å². The molecule has 11 atom stereocenters. The van der Waals surface area contributed by atoms with Crippen LogP contribution in [0.4, 0.5) is 0 Å². The van der Waals surface area contributed by atoms with E-state index in [1.165, 1.54) is 43.3 Å². The number of aliphatic hydroxyl groups is 6. The van der Waals surface area contributed by atoms with Crippen LogP contribution in [-0.2, 0) is 18.9 Å². The Hall–Kier alpha value is -2.89. The van der Waals surface area contributed by atoms with Crippen LogP contribution in [-0.4, -0.2) is 113 Å². The second-order valence-electron chi connectivity index (χ2n) is 10.3. The lowest BCUT2D eigenvalue weighted by Crippen LogP contribution is -2.64. The molecule has 0 aromatic heterocycles. The molecule has 2 fully saturated rings. The zero-order valence-electron chi connectivity index (χ0n) is 22.0. The van der Waals surface area contributed by atoms with E-state index in [1.54, 1.807) is 0 Å². The highest BCUT2D eigenvalue weighted by molar-refractivity contribution is 6.22. The topological polar surface area (TPSA) is 228 Å². The minimum absolute atomic E-state index is 0.0417. The fourth-order valence-corrected chi connectivity index (χ4v) is 5.22. The standard InChI is InChI=1S/C27H31ClO14/c1-10-19(32)21(34)23(36)26(39-10)38-9-18-20(33)22(35)25(37)27(28,42-18)41-17-8-14-15(31)6-13(30)7-16(14)40-24(17)11-2-4-12(29)5-3-11/h2-8,10,18-26,29-37H,9H2,1H3/t10-,18+,19-,20+,21+,22-,23+,24?,25+,26+,27+/m0/s1. The van der Waals surface area contributed by atoms with E-state index >= 15 is 0 Å². The summed E-state index contributed by atoms with van der Waals surface area (Å²) in [4.78, 5) is 0. The van der Waals surface area contributed by atoms with Crippen LogP contribution in [0.2, 0.25) is 0 Å². The maximum Gasteiger partial charge on any atom is 0.320 e. The molecule has 3 aliphatic rings. The summed E-state index contributed by atoms with van der Waals surface area (Å²) in [5, 5.41) is 89.7. The fourth-order valence-electron chi connectivity index (χ4n) is 4.88. The first kappa shape index (κ1) is 30.6. The Morgan fingerprint density at radius 3 is 2.24 bits per heavy atom. The molecule has 0 spiro atoms. The Bertz CT molecular complexity index is 1310. The number of aromatic hydroxyl groups is 3. The van der Waals surface area contributed by atoms with Crippen LogP contribution in [0.3, 0.4) is 0 Å². The highest BCUT2D eigenvalue weighted by Gasteiger charge is 2.56. The number of fused-ring (bicyclic) bond motifs is 1. The number of phenols is 3. The molecule has 2 aromatic rings. The molecule has 0 radical (unpaired) electrons. The second kappa shape index (κ2) is 11.7. The van der Waals surface area contributed by atoms with E-state index in [0.29, 0.717) is 5.56 Å². The van der Waals surface area contributed by atoms with Gasteiger partial charge in [0, 0.05) is 17.7 Å². The van der Waals surface area contributed by atoms with Crippen molar-refractivity contribution in [2.45, 2.75) is 73.4 Å². The number of benzene rings is 2. The van der Waals surface area contributed by atoms with Gasteiger partial charge in [0.25, 0.3) is 0 Å². The molecule has 0 saturated carbocycles. The zero-order chi connectivity index (χ0) is 30.5. The van der Waals surface area contributed by atoms with Gasteiger partial charge in [-0.25, -0.2) is 0 Å². The van der Waals surface area contributed by atoms with Crippen molar-refractivity contribution < 1.29 is 69.6 Å². The first-order valence-electron chi connectivity index (χ1n) is 12.9. The molecule has 3 heterocycles. The molecule has 0 amide bonds. The van der Waals surface area contributed by atoms with Crippen molar-refractivity contribution >= 4 is 17.7 Å². The summed E-state index contributed by atoms with van der Waals surface area (Å²) in [6.45, 7) is 0.863. The van der Waals surface area contributed by atoms with Gasteiger partial charge in [-0.15, -0.1) is 0 Å². The largest absolute Gasteiger partial charge is 0.508 e. The van der Waals surface area contributed by atoms with Crippen molar-refractivity contribution in [2.75, 3.05) is 6.61 Å². The Morgan fingerprint density at radius 1 is 0.857 bits per heavy atom.